The van der Waals surface area contributed by atoms with Crippen LogP contribution in [-0.4, -0.2) is 35.9 Å². The molecule has 1 saturated heterocycles. The van der Waals surface area contributed by atoms with Gasteiger partial charge in [-0.25, -0.2) is 4.79 Å². The highest BCUT2D eigenvalue weighted by Crippen LogP contribution is 2.37. The van der Waals surface area contributed by atoms with Crippen molar-refractivity contribution in [2.24, 2.45) is 5.92 Å². The summed E-state index contributed by atoms with van der Waals surface area (Å²) in [4.78, 5) is 24.9. The number of benzene rings is 1. The van der Waals surface area contributed by atoms with E-state index in [0.29, 0.717) is 0 Å². The van der Waals surface area contributed by atoms with Crippen LogP contribution in [0.25, 0.3) is 0 Å². The monoisotopic (exact) mass is 433 g/mol. The molecule has 26 heavy (non-hydrogen) atoms. The third kappa shape index (κ3) is 4.43. The van der Waals surface area contributed by atoms with E-state index in [1.807, 2.05) is 0 Å². The fourth-order valence-electron chi connectivity index (χ4n) is 2.82. The molecule has 1 amide bonds. The van der Waals surface area contributed by atoms with E-state index in [2.05, 4.69) is 5.43 Å². The van der Waals surface area contributed by atoms with Gasteiger partial charge < -0.3 is 4.74 Å². The molecule has 2 rings (SSSR count). The lowest BCUT2D eigenvalue weighted by Crippen LogP contribution is -2.60. The zero-order valence-corrected chi connectivity index (χ0v) is 15.7. The predicted octanol–water partition coefficient (Wildman–Crippen LogP) is 3.61. The van der Waals surface area contributed by atoms with Gasteiger partial charge >= 0.3 is 18.1 Å². The quantitative estimate of drug-likeness (QED) is 0.340. The number of nitrogens with one attached hydrogen (secondary N) is 1. The van der Waals surface area contributed by atoms with Gasteiger partial charge in [0.2, 0.25) is 3.79 Å². The summed E-state index contributed by atoms with van der Waals surface area (Å²) in [5.74, 6) is -2.70. The largest absolute Gasteiger partial charge is 0.460 e. The van der Waals surface area contributed by atoms with Crippen LogP contribution in [0.3, 0.4) is 0 Å². The fourth-order valence-corrected chi connectivity index (χ4v) is 2.99. The van der Waals surface area contributed by atoms with Crippen LogP contribution in [-0.2, 0) is 20.5 Å². The SMILES string of the molecule is CN[N+]1(c2cccc(C(F)(F)F)c2)CCC(C(=O)OCC(Cl)(Cl)Cl)C1=O. The number of carbonyl (C=O) groups is 2. The molecule has 1 aromatic rings. The summed E-state index contributed by atoms with van der Waals surface area (Å²) >= 11 is 16.5. The predicted molar refractivity (Wildman–Crippen MR) is 91.5 cm³/mol. The van der Waals surface area contributed by atoms with Crippen molar-refractivity contribution in [2.45, 2.75) is 16.4 Å². The van der Waals surface area contributed by atoms with Crippen molar-refractivity contribution in [1.29, 1.82) is 0 Å². The Balaban J connectivity index is 2.28. The number of hydrogen-bond acceptors (Lipinski definition) is 4. The standard InChI is InChI=1S/C15H15Cl3F3N2O3/c1-22-23(10-4-2-3-9(7-10)15(19,20)21)6-5-11(12(23)24)13(25)26-8-14(16,17)18/h2-4,7,11,22H,5-6,8H2,1H3/q+1. The Labute approximate surface area is 162 Å². The van der Waals surface area contributed by atoms with Crippen molar-refractivity contribution in [3.8, 4) is 0 Å². The second kappa shape index (κ2) is 7.52. The van der Waals surface area contributed by atoms with Crippen LogP contribution in [0.2, 0.25) is 0 Å². The maximum absolute atomic E-state index is 13.0. The molecule has 0 bridgehead atoms. The number of carbonyl (C=O) groups excluding carboxylic acids is 2. The number of halogens is 6. The van der Waals surface area contributed by atoms with Gasteiger partial charge in [-0.3, -0.25) is 4.79 Å². The normalized spacial score (nSPS) is 24.0. The maximum atomic E-state index is 13.0. The first-order valence-electron chi connectivity index (χ1n) is 7.43. The van der Waals surface area contributed by atoms with E-state index >= 15 is 0 Å². The van der Waals surface area contributed by atoms with Gasteiger partial charge in [0.25, 0.3) is 0 Å². The highest BCUT2D eigenvalue weighted by atomic mass is 35.6. The van der Waals surface area contributed by atoms with Crippen molar-refractivity contribution < 1.29 is 27.5 Å². The van der Waals surface area contributed by atoms with E-state index in [-0.39, 0.29) is 18.7 Å². The van der Waals surface area contributed by atoms with Gasteiger partial charge in [-0.1, -0.05) is 40.9 Å². The lowest BCUT2D eigenvalue weighted by Gasteiger charge is -2.29. The Morgan fingerprint density at radius 1 is 1.35 bits per heavy atom. The molecule has 0 aliphatic carbocycles. The lowest BCUT2D eigenvalue weighted by molar-refractivity contribution is -0.153. The fraction of sp³-hybridized carbons (Fsp3) is 0.467. The van der Waals surface area contributed by atoms with Gasteiger partial charge in [-0.2, -0.15) is 23.2 Å². The molecule has 0 radical (unpaired) electrons. The minimum Gasteiger partial charge on any atom is -0.460 e. The highest BCUT2D eigenvalue weighted by molar-refractivity contribution is 6.67. The number of hydrogen-bond donors (Lipinski definition) is 1. The van der Waals surface area contributed by atoms with Crippen LogP contribution in [0.1, 0.15) is 12.0 Å². The molecule has 1 N–H and O–H groups in total. The minimum absolute atomic E-state index is 0.0731. The second-order valence-corrected chi connectivity index (χ2v) is 8.22. The van der Waals surface area contributed by atoms with E-state index in [9.17, 15) is 22.8 Å². The molecule has 0 spiro atoms. The van der Waals surface area contributed by atoms with Gasteiger partial charge in [0.1, 0.15) is 13.2 Å². The number of quaternary nitrogens is 1. The van der Waals surface area contributed by atoms with Crippen molar-refractivity contribution in [3.63, 3.8) is 0 Å². The van der Waals surface area contributed by atoms with Crippen molar-refractivity contribution >= 4 is 52.4 Å². The number of alkyl halides is 6. The van der Waals surface area contributed by atoms with E-state index in [4.69, 9.17) is 39.5 Å². The second-order valence-electron chi connectivity index (χ2n) is 5.71. The summed E-state index contributed by atoms with van der Waals surface area (Å²) < 4.78 is 41.3. The molecule has 1 aliphatic rings. The number of nitrogens with zero attached hydrogens (tertiary/aromatic N) is 1. The highest BCUT2D eigenvalue weighted by Gasteiger charge is 2.54. The summed E-state index contributed by atoms with van der Waals surface area (Å²) in [6.45, 7) is -0.465. The summed E-state index contributed by atoms with van der Waals surface area (Å²) in [7, 11) is 1.42. The number of amides is 1. The zero-order valence-electron chi connectivity index (χ0n) is 13.4. The first kappa shape index (κ1) is 21.2. The van der Waals surface area contributed by atoms with Crippen LogP contribution in [0.15, 0.2) is 24.3 Å². The molecule has 0 aromatic heterocycles. The van der Waals surface area contributed by atoms with Crippen LogP contribution in [0, 0.1) is 5.92 Å². The first-order valence-corrected chi connectivity index (χ1v) is 8.57. The molecular formula is C15H15Cl3F3N2O3+. The minimum atomic E-state index is -4.56. The summed E-state index contributed by atoms with van der Waals surface area (Å²) in [5, 5.41) is 0. The Morgan fingerprint density at radius 3 is 2.54 bits per heavy atom. The van der Waals surface area contributed by atoms with Crippen LogP contribution >= 0.6 is 34.8 Å². The van der Waals surface area contributed by atoms with E-state index in [1.54, 1.807) is 0 Å². The molecule has 2 unspecified atom stereocenters. The molecule has 0 saturated carbocycles. The third-order valence-electron chi connectivity index (χ3n) is 4.09. The van der Waals surface area contributed by atoms with E-state index in [1.165, 1.54) is 19.2 Å². The molecule has 11 heteroatoms. The average molecular weight is 435 g/mol. The summed E-state index contributed by atoms with van der Waals surface area (Å²) in [6, 6.07) is 4.38. The molecule has 1 aromatic carbocycles. The van der Waals surface area contributed by atoms with Crippen molar-refractivity contribution in [2.75, 3.05) is 20.2 Å². The van der Waals surface area contributed by atoms with Gasteiger partial charge in [0.05, 0.1) is 5.56 Å². The maximum Gasteiger partial charge on any atom is 0.416 e. The van der Waals surface area contributed by atoms with E-state index < -0.39 is 44.5 Å². The zero-order chi connectivity index (χ0) is 19.8. The smallest absolute Gasteiger partial charge is 0.416 e. The van der Waals surface area contributed by atoms with Gasteiger partial charge in [-0.05, 0) is 6.07 Å². The Bertz CT molecular complexity index is 709. The van der Waals surface area contributed by atoms with Crippen LogP contribution in [0.4, 0.5) is 18.9 Å². The van der Waals surface area contributed by atoms with Crippen molar-refractivity contribution in [3.05, 3.63) is 29.8 Å². The topological polar surface area (TPSA) is 55.4 Å². The van der Waals surface area contributed by atoms with Crippen molar-refractivity contribution in [1.82, 2.24) is 10.0 Å². The molecular weight excluding hydrogens is 420 g/mol. The third-order valence-corrected chi connectivity index (χ3v) is 4.41. The average Bonchev–Trinajstić information content (AvgIpc) is 2.89. The lowest BCUT2D eigenvalue weighted by atomic mass is 10.1. The Hall–Kier alpha value is -1.06. The van der Waals surface area contributed by atoms with Gasteiger partial charge in [-0.15, -0.1) is 0 Å². The Kier molecular flexibility index (Phi) is 6.14. The summed E-state index contributed by atoms with van der Waals surface area (Å²) in [5.41, 5.74) is 1.90. The molecule has 2 atom stereocenters. The molecule has 144 valence electrons. The van der Waals surface area contributed by atoms with Gasteiger partial charge in [0, 0.05) is 25.6 Å². The molecule has 5 nitrogen and oxygen atoms in total. The molecule has 1 heterocycles. The number of esters is 1. The van der Waals surface area contributed by atoms with Crippen LogP contribution in [0.5, 0.6) is 0 Å². The number of ether oxygens (including phenoxy) is 1. The summed E-state index contributed by atoms with van der Waals surface area (Å²) in [6.07, 6.45) is -4.48. The molecule has 1 aliphatic heterocycles. The van der Waals surface area contributed by atoms with Crippen LogP contribution < -0.4 is 10.0 Å². The Morgan fingerprint density at radius 2 is 2.00 bits per heavy atom. The van der Waals surface area contributed by atoms with E-state index in [0.717, 1.165) is 12.1 Å². The first-order chi connectivity index (χ1) is 11.9. The number of rotatable bonds is 4. The molecule has 1 fully saturated rings. The van der Waals surface area contributed by atoms with Gasteiger partial charge in [0.15, 0.2) is 11.6 Å².